The van der Waals surface area contributed by atoms with Crippen molar-refractivity contribution in [2.24, 2.45) is 0 Å². The monoisotopic (exact) mass is 248 g/mol. The minimum absolute atomic E-state index is 0.101. The van der Waals surface area contributed by atoms with Gasteiger partial charge in [-0.25, -0.2) is 0 Å². The van der Waals surface area contributed by atoms with Crippen LogP contribution in [0.25, 0.3) is 0 Å². The lowest BCUT2D eigenvalue weighted by Crippen LogP contribution is -2.37. The first-order valence-corrected chi connectivity index (χ1v) is 5.90. The maximum absolute atomic E-state index is 12.2. The Labute approximate surface area is 105 Å². The highest BCUT2D eigenvalue weighted by Gasteiger charge is 2.21. The molecule has 6 heteroatoms. The molecule has 2 heterocycles. The van der Waals surface area contributed by atoms with Gasteiger partial charge in [-0.15, -0.1) is 0 Å². The van der Waals surface area contributed by atoms with Gasteiger partial charge in [-0.05, 0) is 18.6 Å². The van der Waals surface area contributed by atoms with Crippen molar-refractivity contribution in [3.05, 3.63) is 24.0 Å². The van der Waals surface area contributed by atoms with Crippen LogP contribution in [0.3, 0.4) is 0 Å². The molecule has 96 valence electrons. The molecule has 1 aliphatic rings. The third-order valence-electron chi connectivity index (χ3n) is 2.82. The molecule has 0 unspecified atom stereocenters. The standard InChI is InChI=1S/C12H16N4O2/c1-13-9-3-5-14-10(7-9)12(18)16-6-2-4-15-11(17)8-16/h3,5,7H,2,4,6,8H2,1H3,(H,13,14)(H,15,17). The van der Waals surface area contributed by atoms with Crippen molar-refractivity contribution < 1.29 is 9.59 Å². The van der Waals surface area contributed by atoms with Crippen molar-refractivity contribution in [2.75, 3.05) is 32.0 Å². The van der Waals surface area contributed by atoms with Crippen LogP contribution in [0.1, 0.15) is 16.9 Å². The number of nitrogens with one attached hydrogen (secondary N) is 2. The minimum atomic E-state index is -0.204. The average molecular weight is 248 g/mol. The molecule has 2 rings (SSSR count). The molecule has 1 saturated heterocycles. The summed E-state index contributed by atoms with van der Waals surface area (Å²) in [5, 5.41) is 5.69. The predicted molar refractivity (Wildman–Crippen MR) is 67.3 cm³/mol. The Morgan fingerprint density at radius 3 is 3.17 bits per heavy atom. The molecule has 0 bridgehead atoms. The van der Waals surface area contributed by atoms with Crippen molar-refractivity contribution >= 4 is 17.5 Å². The molecule has 18 heavy (non-hydrogen) atoms. The SMILES string of the molecule is CNc1ccnc(C(=O)N2CCCNC(=O)C2)c1. The van der Waals surface area contributed by atoms with Gasteiger partial charge in [0.1, 0.15) is 5.69 Å². The molecule has 0 aromatic carbocycles. The zero-order valence-electron chi connectivity index (χ0n) is 10.3. The van der Waals surface area contributed by atoms with E-state index in [1.165, 1.54) is 4.90 Å². The third kappa shape index (κ3) is 2.77. The Morgan fingerprint density at radius 2 is 2.39 bits per heavy atom. The van der Waals surface area contributed by atoms with Gasteiger partial charge in [0.15, 0.2) is 0 Å². The number of carbonyl (C=O) groups excluding carboxylic acids is 2. The van der Waals surface area contributed by atoms with Crippen LogP contribution >= 0.6 is 0 Å². The van der Waals surface area contributed by atoms with Gasteiger partial charge in [-0.3, -0.25) is 14.6 Å². The van der Waals surface area contributed by atoms with Crippen LogP contribution in [0.2, 0.25) is 0 Å². The number of amides is 2. The van der Waals surface area contributed by atoms with Crippen LogP contribution < -0.4 is 10.6 Å². The number of pyridine rings is 1. The van der Waals surface area contributed by atoms with E-state index in [1.807, 2.05) is 0 Å². The van der Waals surface area contributed by atoms with E-state index >= 15 is 0 Å². The summed E-state index contributed by atoms with van der Waals surface area (Å²) >= 11 is 0. The van der Waals surface area contributed by atoms with E-state index in [0.717, 1.165) is 12.1 Å². The van der Waals surface area contributed by atoms with Crippen molar-refractivity contribution in [3.63, 3.8) is 0 Å². The van der Waals surface area contributed by atoms with E-state index in [2.05, 4.69) is 15.6 Å². The predicted octanol–water partition coefficient (Wildman–Crippen LogP) is 0.0854. The van der Waals surface area contributed by atoms with E-state index in [-0.39, 0.29) is 18.4 Å². The second kappa shape index (κ2) is 5.48. The van der Waals surface area contributed by atoms with Crippen LogP contribution in [-0.2, 0) is 4.79 Å². The average Bonchev–Trinajstić information content (AvgIpc) is 2.62. The van der Waals surface area contributed by atoms with Crippen molar-refractivity contribution in [2.45, 2.75) is 6.42 Å². The van der Waals surface area contributed by atoms with Crippen molar-refractivity contribution in [3.8, 4) is 0 Å². The van der Waals surface area contributed by atoms with E-state index in [4.69, 9.17) is 0 Å². The van der Waals surface area contributed by atoms with E-state index in [9.17, 15) is 9.59 Å². The highest BCUT2D eigenvalue weighted by Crippen LogP contribution is 2.10. The van der Waals surface area contributed by atoms with Crippen LogP contribution in [0.4, 0.5) is 5.69 Å². The zero-order valence-corrected chi connectivity index (χ0v) is 10.3. The smallest absolute Gasteiger partial charge is 0.272 e. The summed E-state index contributed by atoms with van der Waals surface area (Å²) in [6.07, 6.45) is 2.35. The highest BCUT2D eigenvalue weighted by molar-refractivity contribution is 5.95. The van der Waals surface area contributed by atoms with Crippen LogP contribution in [0, 0.1) is 0 Å². The number of anilines is 1. The lowest BCUT2D eigenvalue weighted by molar-refractivity contribution is -0.121. The molecule has 2 N–H and O–H groups in total. The summed E-state index contributed by atoms with van der Waals surface area (Å²) in [5.74, 6) is -0.324. The number of nitrogens with zero attached hydrogens (tertiary/aromatic N) is 2. The molecule has 2 amide bonds. The molecular formula is C12H16N4O2. The summed E-state index contributed by atoms with van der Waals surface area (Å²) in [6, 6.07) is 3.47. The van der Waals surface area contributed by atoms with E-state index in [0.29, 0.717) is 18.8 Å². The Hall–Kier alpha value is -2.11. The van der Waals surface area contributed by atoms with Gasteiger partial charge in [-0.2, -0.15) is 0 Å². The fraction of sp³-hybridized carbons (Fsp3) is 0.417. The van der Waals surface area contributed by atoms with Gasteiger partial charge < -0.3 is 15.5 Å². The van der Waals surface area contributed by atoms with Gasteiger partial charge >= 0.3 is 0 Å². The molecule has 0 spiro atoms. The Morgan fingerprint density at radius 1 is 1.56 bits per heavy atom. The van der Waals surface area contributed by atoms with Gasteiger partial charge in [-0.1, -0.05) is 0 Å². The first-order chi connectivity index (χ1) is 8.70. The first kappa shape index (κ1) is 12.3. The maximum atomic E-state index is 12.2. The largest absolute Gasteiger partial charge is 0.388 e. The Bertz CT molecular complexity index is 461. The third-order valence-corrected chi connectivity index (χ3v) is 2.82. The molecular weight excluding hydrogens is 232 g/mol. The second-order valence-corrected chi connectivity index (χ2v) is 4.11. The van der Waals surface area contributed by atoms with Crippen LogP contribution in [0.15, 0.2) is 18.3 Å². The normalized spacial score (nSPS) is 15.8. The summed E-state index contributed by atoms with van der Waals surface area (Å²) in [5.41, 5.74) is 1.18. The lowest BCUT2D eigenvalue weighted by Gasteiger charge is -2.18. The van der Waals surface area contributed by atoms with E-state index in [1.54, 1.807) is 25.4 Å². The topological polar surface area (TPSA) is 74.3 Å². The van der Waals surface area contributed by atoms with Gasteiger partial charge in [0.05, 0.1) is 6.54 Å². The van der Waals surface area contributed by atoms with Crippen LogP contribution in [-0.4, -0.2) is 48.4 Å². The number of hydrogen-bond acceptors (Lipinski definition) is 4. The van der Waals surface area contributed by atoms with Gasteiger partial charge in [0.2, 0.25) is 5.91 Å². The van der Waals surface area contributed by atoms with Gasteiger partial charge in [0, 0.05) is 32.0 Å². The Balaban J connectivity index is 2.16. The summed E-state index contributed by atoms with van der Waals surface area (Å²) in [4.78, 5) is 29.2. The molecule has 0 aliphatic carbocycles. The minimum Gasteiger partial charge on any atom is -0.388 e. The summed E-state index contributed by atoms with van der Waals surface area (Å²) in [6.45, 7) is 1.29. The number of hydrogen-bond donors (Lipinski definition) is 2. The molecule has 0 radical (unpaired) electrons. The van der Waals surface area contributed by atoms with Crippen LogP contribution in [0.5, 0.6) is 0 Å². The number of aromatic nitrogens is 1. The molecule has 1 aromatic rings. The van der Waals surface area contributed by atoms with E-state index < -0.39 is 0 Å². The maximum Gasteiger partial charge on any atom is 0.272 e. The first-order valence-electron chi connectivity index (χ1n) is 5.90. The quantitative estimate of drug-likeness (QED) is 0.777. The zero-order chi connectivity index (χ0) is 13.0. The Kier molecular flexibility index (Phi) is 3.76. The van der Waals surface area contributed by atoms with Gasteiger partial charge in [0.25, 0.3) is 5.91 Å². The fourth-order valence-electron chi connectivity index (χ4n) is 1.84. The number of rotatable bonds is 2. The molecule has 0 saturated carbocycles. The highest BCUT2D eigenvalue weighted by atomic mass is 16.2. The van der Waals surface area contributed by atoms with Crippen molar-refractivity contribution in [1.29, 1.82) is 0 Å². The van der Waals surface area contributed by atoms with Crippen molar-refractivity contribution in [1.82, 2.24) is 15.2 Å². The molecule has 1 aliphatic heterocycles. The molecule has 6 nitrogen and oxygen atoms in total. The summed E-state index contributed by atoms with van der Waals surface area (Å²) < 4.78 is 0. The fourth-order valence-corrected chi connectivity index (χ4v) is 1.84. The molecule has 1 aromatic heterocycles. The second-order valence-electron chi connectivity index (χ2n) is 4.11. The molecule has 1 fully saturated rings. The molecule has 0 atom stereocenters. The lowest BCUT2D eigenvalue weighted by atomic mass is 10.2. The summed E-state index contributed by atoms with van der Waals surface area (Å²) in [7, 11) is 1.78. The number of carbonyl (C=O) groups is 2.